The van der Waals surface area contributed by atoms with Gasteiger partial charge in [-0.1, -0.05) is 0 Å². The van der Waals surface area contributed by atoms with Crippen molar-refractivity contribution in [3.63, 3.8) is 0 Å². The Hall–Kier alpha value is -1.09. The van der Waals surface area contributed by atoms with E-state index in [-0.39, 0.29) is 0 Å². The molecular formula is C5H8F2N4O2S. The van der Waals surface area contributed by atoms with Crippen LogP contribution < -0.4 is 5.14 Å². The molecule has 0 spiro atoms. The molecule has 0 aliphatic rings. The van der Waals surface area contributed by atoms with Crippen molar-refractivity contribution in [1.29, 1.82) is 0 Å². The molecule has 0 radical (unpaired) electrons. The molecule has 14 heavy (non-hydrogen) atoms. The number of primary sulfonamides is 1. The predicted octanol–water partition coefficient (Wildman–Crippen LogP) is -0.426. The molecular weight excluding hydrogens is 218 g/mol. The van der Waals surface area contributed by atoms with Crippen molar-refractivity contribution in [3.8, 4) is 0 Å². The Morgan fingerprint density at radius 2 is 1.93 bits per heavy atom. The van der Waals surface area contributed by atoms with Crippen LogP contribution in [0, 0.1) is 0 Å². The Kier molecular flexibility index (Phi) is 2.32. The molecule has 0 atom stereocenters. The van der Waals surface area contributed by atoms with Crippen molar-refractivity contribution in [2.75, 3.05) is 0 Å². The van der Waals surface area contributed by atoms with E-state index >= 15 is 0 Å². The third-order valence-electron chi connectivity index (χ3n) is 1.48. The second kappa shape index (κ2) is 2.95. The molecule has 1 rings (SSSR count). The third kappa shape index (κ3) is 1.87. The van der Waals surface area contributed by atoms with E-state index < -0.39 is 26.9 Å². The van der Waals surface area contributed by atoms with Crippen molar-refractivity contribution >= 4 is 10.0 Å². The minimum atomic E-state index is -4.12. The molecule has 9 heteroatoms. The Bertz CT molecular complexity index is 447. The first-order valence-electron chi connectivity index (χ1n) is 3.44. The molecule has 0 aliphatic heterocycles. The van der Waals surface area contributed by atoms with Gasteiger partial charge in [-0.25, -0.2) is 13.6 Å². The maximum Gasteiger partial charge on any atom is 0.304 e. The first-order chi connectivity index (χ1) is 6.14. The SMILES string of the molecule is Cn1c(C(C)(F)F)nnc1S(N)(=O)=O. The molecule has 0 bridgehead atoms. The number of nitrogens with two attached hydrogens (primary N) is 1. The van der Waals surface area contributed by atoms with E-state index in [1.165, 1.54) is 0 Å². The molecule has 0 amide bonds. The van der Waals surface area contributed by atoms with Crippen molar-refractivity contribution in [2.45, 2.75) is 18.0 Å². The summed E-state index contributed by atoms with van der Waals surface area (Å²) in [4.78, 5) is 0. The number of hydrogen-bond donors (Lipinski definition) is 1. The zero-order valence-corrected chi connectivity index (χ0v) is 8.22. The van der Waals surface area contributed by atoms with E-state index in [1.807, 2.05) is 0 Å². The van der Waals surface area contributed by atoms with Crippen LogP contribution in [0.1, 0.15) is 12.7 Å². The fraction of sp³-hybridized carbons (Fsp3) is 0.600. The lowest BCUT2D eigenvalue weighted by Crippen LogP contribution is -2.20. The maximum absolute atomic E-state index is 12.8. The van der Waals surface area contributed by atoms with Gasteiger partial charge in [-0.3, -0.25) is 4.57 Å². The standard InChI is InChI=1S/C5H8F2N4O2S/c1-5(6,7)3-9-10-4(11(3)2)14(8,12)13/h1-2H3,(H2,8,12,13). The Balaban J connectivity index is 3.37. The molecule has 1 aromatic rings. The molecule has 1 heterocycles. The summed E-state index contributed by atoms with van der Waals surface area (Å²) in [6.45, 7) is 0.587. The van der Waals surface area contributed by atoms with E-state index in [2.05, 4.69) is 10.2 Å². The van der Waals surface area contributed by atoms with Crippen LogP contribution in [0.15, 0.2) is 5.16 Å². The van der Waals surface area contributed by atoms with Crippen LogP contribution >= 0.6 is 0 Å². The summed E-state index contributed by atoms with van der Waals surface area (Å²) in [6.07, 6.45) is 0. The molecule has 0 saturated carbocycles. The van der Waals surface area contributed by atoms with Gasteiger partial charge in [0.15, 0.2) is 0 Å². The van der Waals surface area contributed by atoms with E-state index in [1.54, 1.807) is 0 Å². The highest BCUT2D eigenvalue weighted by Gasteiger charge is 2.33. The molecule has 80 valence electrons. The van der Waals surface area contributed by atoms with Gasteiger partial charge in [0.25, 0.3) is 15.2 Å². The van der Waals surface area contributed by atoms with Crippen LogP contribution in [0.4, 0.5) is 8.78 Å². The van der Waals surface area contributed by atoms with Crippen molar-refractivity contribution in [2.24, 2.45) is 12.2 Å². The van der Waals surface area contributed by atoms with Crippen LogP contribution in [0.5, 0.6) is 0 Å². The molecule has 0 aromatic carbocycles. The number of rotatable bonds is 2. The minimum absolute atomic E-state index is 0.587. The molecule has 0 aliphatic carbocycles. The Morgan fingerprint density at radius 1 is 1.43 bits per heavy atom. The van der Waals surface area contributed by atoms with E-state index in [0.717, 1.165) is 7.05 Å². The highest BCUT2D eigenvalue weighted by molar-refractivity contribution is 7.89. The zero-order valence-electron chi connectivity index (χ0n) is 7.40. The summed E-state index contributed by atoms with van der Waals surface area (Å²) < 4.78 is 47.8. The zero-order chi connectivity index (χ0) is 11.1. The molecule has 0 unspecified atom stereocenters. The largest absolute Gasteiger partial charge is 0.304 e. The highest BCUT2D eigenvalue weighted by atomic mass is 32.2. The van der Waals surface area contributed by atoms with Crippen molar-refractivity contribution in [3.05, 3.63) is 5.82 Å². The van der Waals surface area contributed by atoms with E-state index in [4.69, 9.17) is 5.14 Å². The lowest BCUT2D eigenvalue weighted by atomic mass is 10.4. The number of hydrogen-bond acceptors (Lipinski definition) is 4. The van der Waals surface area contributed by atoms with Gasteiger partial charge in [0.05, 0.1) is 0 Å². The smallest absolute Gasteiger partial charge is 0.299 e. The van der Waals surface area contributed by atoms with Gasteiger partial charge >= 0.3 is 5.92 Å². The summed E-state index contributed by atoms with van der Waals surface area (Å²) in [6, 6.07) is 0. The fourth-order valence-electron chi connectivity index (χ4n) is 0.945. The average molecular weight is 226 g/mol. The monoisotopic (exact) mass is 226 g/mol. The van der Waals surface area contributed by atoms with E-state index in [9.17, 15) is 17.2 Å². The molecule has 1 aromatic heterocycles. The molecule has 2 N–H and O–H groups in total. The number of alkyl halides is 2. The molecule has 0 fully saturated rings. The van der Waals surface area contributed by atoms with Gasteiger partial charge in [-0.05, 0) is 0 Å². The van der Waals surface area contributed by atoms with Crippen molar-refractivity contribution in [1.82, 2.24) is 14.8 Å². The first-order valence-corrected chi connectivity index (χ1v) is 4.99. The molecule has 0 saturated heterocycles. The maximum atomic E-state index is 12.8. The van der Waals surface area contributed by atoms with Gasteiger partial charge in [0.1, 0.15) is 0 Å². The van der Waals surface area contributed by atoms with Crippen LogP contribution in [0.2, 0.25) is 0 Å². The Labute approximate surface area is 78.8 Å². The lowest BCUT2D eigenvalue weighted by molar-refractivity contribution is 0.00416. The fourth-order valence-corrected chi connectivity index (χ4v) is 1.57. The summed E-state index contributed by atoms with van der Waals surface area (Å²) in [5, 5.41) is 10.2. The second-order valence-electron chi connectivity index (χ2n) is 2.80. The Morgan fingerprint density at radius 3 is 2.14 bits per heavy atom. The van der Waals surface area contributed by atoms with Crippen LogP contribution in [0.25, 0.3) is 0 Å². The summed E-state index contributed by atoms with van der Waals surface area (Å²) in [5.74, 6) is -4.01. The van der Waals surface area contributed by atoms with Gasteiger partial charge in [0, 0.05) is 14.0 Å². The molecule has 6 nitrogen and oxygen atoms in total. The average Bonchev–Trinajstić information content (AvgIpc) is 2.26. The predicted molar refractivity (Wildman–Crippen MR) is 41.9 cm³/mol. The van der Waals surface area contributed by atoms with Crippen LogP contribution in [-0.2, 0) is 23.0 Å². The van der Waals surface area contributed by atoms with Crippen LogP contribution in [0.3, 0.4) is 0 Å². The second-order valence-corrected chi connectivity index (χ2v) is 4.25. The summed E-state index contributed by atoms with van der Waals surface area (Å²) in [5.41, 5.74) is 0. The van der Waals surface area contributed by atoms with Crippen molar-refractivity contribution < 1.29 is 17.2 Å². The number of aromatic nitrogens is 3. The van der Waals surface area contributed by atoms with Gasteiger partial charge in [-0.15, -0.1) is 10.2 Å². The quantitative estimate of drug-likeness (QED) is 0.741. The van der Waals surface area contributed by atoms with Gasteiger partial charge in [-0.2, -0.15) is 8.78 Å². The minimum Gasteiger partial charge on any atom is -0.299 e. The lowest BCUT2D eigenvalue weighted by Gasteiger charge is -2.08. The number of sulfonamides is 1. The van der Waals surface area contributed by atoms with Gasteiger partial charge < -0.3 is 0 Å². The van der Waals surface area contributed by atoms with Gasteiger partial charge in [0.2, 0.25) is 5.82 Å². The van der Waals surface area contributed by atoms with E-state index in [0.29, 0.717) is 11.5 Å². The third-order valence-corrected chi connectivity index (χ3v) is 2.35. The highest BCUT2D eigenvalue weighted by Crippen LogP contribution is 2.25. The normalized spacial score (nSPS) is 13.2. The number of nitrogens with zero attached hydrogens (tertiary/aromatic N) is 3. The summed E-state index contributed by atoms with van der Waals surface area (Å²) in [7, 11) is -3.01. The summed E-state index contributed by atoms with van der Waals surface area (Å²) >= 11 is 0. The van der Waals surface area contributed by atoms with Crippen LogP contribution in [-0.4, -0.2) is 23.2 Å². The topological polar surface area (TPSA) is 90.9 Å². The number of halogens is 2. The first kappa shape index (κ1) is 11.0.